The normalized spacial score (nSPS) is 17.6. The molecule has 0 amide bonds. The lowest BCUT2D eigenvalue weighted by Gasteiger charge is -2.33. The zero-order valence-corrected chi connectivity index (χ0v) is 11.6. The number of nitrogens with zero attached hydrogens (tertiary/aromatic N) is 2. The first kappa shape index (κ1) is 12.3. The number of halogens is 1. The van der Waals surface area contributed by atoms with Crippen molar-refractivity contribution in [1.82, 2.24) is 4.98 Å². The van der Waals surface area contributed by atoms with E-state index in [-0.39, 0.29) is 6.61 Å². The van der Waals surface area contributed by atoms with E-state index in [9.17, 15) is 0 Å². The van der Waals surface area contributed by atoms with Crippen LogP contribution in [0.4, 0.5) is 5.13 Å². The molecule has 1 saturated carbocycles. The minimum absolute atomic E-state index is 0.202. The Kier molecular flexibility index (Phi) is 4.61. The zero-order valence-electron chi connectivity index (χ0n) is 9.23. The maximum Gasteiger partial charge on any atom is 0.186 e. The molecular formula is C11H17BrN2OS. The first-order valence-electron chi connectivity index (χ1n) is 5.80. The third-order valence-electron chi connectivity index (χ3n) is 3.07. The average Bonchev–Trinajstić information content (AvgIpc) is 2.74. The standard InChI is InChI=1S/C11H17BrN2OS/c12-10-8-16-11(13-10)14(6-7-15)9-4-2-1-3-5-9/h8-9,15H,1-7H2. The second kappa shape index (κ2) is 5.98. The third-order valence-corrected chi connectivity index (χ3v) is 4.65. The van der Waals surface area contributed by atoms with E-state index in [1.807, 2.05) is 5.38 Å². The van der Waals surface area contributed by atoms with Crippen molar-refractivity contribution in [3.05, 3.63) is 9.98 Å². The van der Waals surface area contributed by atoms with Gasteiger partial charge >= 0.3 is 0 Å². The number of hydrogen-bond donors (Lipinski definition) is 1. The Labute approximate surface area is 109 Å². The van der Waals surface area contributed by atoms with Gasteiger partial charge in [-0.3, -0.25) is 0 Å². The molecule has 0 saturated heterocycles. The molecule has 5 heteroatoms. The molecule has 0 aliphatic heterocycles. The Balaban J connectivity index is 2.09. The summed E-state index contributed by atoms with van der Waals surface area (Å²) in [6.07, 6.45) is 6.43. The van der Waals surface area contributed by atoms with Crippen molar-refractivity contribution in [3.8, 4) is 0 Å². The number of hydrogen-bond acceptors (Lipinski definition) is 4. The summed E-state index contributed by atoms with van der Waals surface area (Å²) < 4.78 is 0.895. The van der Waals surface area contributed by atoms with Crippen LogP contribution in [0, 0.1) is 0 Å². The van der Waals surface area contributed by atoms with Crippen LogP contribution in [0.25, 0.3) is 0 Å². The van der Waals surface area contributed by atoms with Gasteiger partial charge in [0.2, 0.25) is 0 Å². The molecule has 0 unspecified atom stereocenters. The Bertz CT molecular complexity index is 326. The van der Waals surface area contributed by atoms with Crippen molar-refractivity contribution in [2.75, 3.05) is 18.1 Å². The first-order chi connectivity index (χ1) is 7.81. The van der Waals surface area contributed by atoms with Gasteiger partial charge in [0, 0.05) is 18.0 Å². The van der Waals surface area contributed by atoms with Crippen LogP contribution in [0.15, 0.2) is 9.98 Å². The van der Waals surface area contributed by atoms with E-state index in [4.69, 9.17) is 5.11 Å². The number of thiazole rings is 1. The first-order valence-corrected chi connectivity index (χ1v) is 7.47. The second-order valence-corrected chi connectivity index (χ2v) is 5.81. The molecule has 1 N–H and O–H groups in total. The minimum Gasteiger partial charge on any atom is -0.395 e. The Hall–Kier alpha value is -0.130. The van der Waals surface area contributed by atoms with Crippen molar-refractivity contribution in [2.24, 2.45) is 0 Å². The van der Waals surface area contributed by atoms with Crippen molar-refractivity contribution in [1.29, 1.82) is 0 Å². The number of anilines is 1. The van der Waals surface area contributed by atoms with Crippen LogP contribution in [-0.4, -0.2) is 29.3 Å². The quantitative estimate of drug-likeness (QED) is 0.929. The summed E-state index contributed by atoms with van der Waals surface area (Å²) in [5.41, 5.74) is 0. The SMILES string of the molecule is OCCN(c1nc(Br)cs1)C1CCCCC1. The van der Waals surface area contributed by atoms with E-state index in [2.05, 4.69) is 25.8 Å². The number of aliphatic hydroxyl groups excluding tert-OH is 1. The summed E-state index contributed by atoms with van der Waals surface area (Å²) in [5, 5.41) is 12.2. The van der Waals surface area contributed by atoms with Gasteiger partial charge in [0.05, 0.1) is 6.61 Å². The highest BCUT2D eigenvalue weighted by Gasteiger charge is 2.22. The molecule has 0 atom stereocenters. The summed E-state index contributed by atoms with van der Waals surface area (Å²) in [4.78, 5) is 6.73. The van der Waals surface area contributed by atoms with Gasteiger partial charge in [-0.05, 0) is 28.8 Å². The highest BCUT2D eigenvalue weighted by Crippen LogP contribution is 2.30. The molecule has 1 fully saturated rings. The fourth-order valence-corrected chi connectivity index (χ4v) is 3.66. The van der Waals surface area contributed by atoms with Gasteiger partial charge in [0.25, 0.3) is 0 Å². The maximum absolute atomic E-state index is 9.16. The predicted molar refractivity (Wildman–Crippen MR) is 71.1 cm³/mol. The van der Waals surface area contributed by atoms with E-state index in [1.54, 1.807) is 11.3 Å². The lowest BCUT2D eigenvalue weighted by Crippen LogP contribution is -2.38. The molecule has 0 aromatic carbocycles. The molecule has 1 aromatic rings. The summed E-state index contributed by atoms with van der Waals surface area (Å²) >= 11 is 5.03. The van der Waals surface area contributed by atoms with Crippen LogP contribution in [0.5, 0.6) is 0 Å². The van der Waals surface area contributed by atoms with Crippen LogP contribution in [0.1, 0.15) is 32.1 Å². The van der Waals surface area contributed by atoms with E-state index < -0.39 is 0 Å². The molecule has 0 spiro atoms. The molecule has 3 nitrogen and oxygen atoms in total. The van der Waals surface area contributed by atoms with Gasteiger partial charge in [-0.25, -0.2) is 4.98 Å². The van der Waals surface area contributed by atoms with Crippen LogP contribution in [-0.2, 0) is 0 Å². The molecule has 2 rings (SSSR count). The maximum atomic E-state index is 9.16. The molecule has 0 radical (unpaired) electrons. The summed E-state index contributed by atoms with van der Waals surface area (Å²) in [6, 6.07) is 0.568. The molecule has 1 aromatic heterocycles. The van der Waals surface area contributed by atoms with Crippen LogP contribution >= 0.6 is 27.3 Å². The lowest BCUT2D eigenvalue weighted by atomic mass is 9.94. The molecule has 1 aliphatic carbocycles. The molecule has 1 heterocycles. The summed E-state index contributed by atoms with van der Waals surface area (Å²) in [5.74, 6) is 0. The van der Waals surface area contributed by atoms with Crippen molar-refractivity contribution in [3.63, 3.8) is 0 Å². The monoisotopic (exact) mass is 304 g/mol. The number of rotatable bonds is 4. The van der Waals surface area contributed by atoms with Gasteiger partial charge in [-0.1, -0.05) is 19.3 Å². The third kappa shape index (κ3) is 2.96. The zero-order chi connectivity index (χ0) is 11.4. The highest BCUT2D eigenvalue weighted by atomic mass is 79.9. The van der Waals surface area contributed by atoms with Gasteiger partial charge < -0.3 is 10.0 Å². The molecule has 16 heavy (non-hydrogen) atoms. The molecule has 1 aliphatic rings. The van der Waals surface area contributed by atoms with Gasteiger partial charge in [-0.2, -0.15) is 0 Å². The largest absolute Gasteiger partial charge is 0.395 e. The topological polar surface area (TPSA) is 36.4 Å². The van der Waals surface area contributed by atoms with E-state index in [0.717, 1.165) is 9.73 Å². The van der Waals surface area contributed by atoms with Crippen molar-refractivity contribution >= 4 is 32.4 Å². The summed E-state index contributed by atoms with van der Waals surface area (Å²) in [7, 11) is 0. The number of aliphatic hydroxyl groups is 1. The summed E-state index contributed by atoms with van der Waals surface area (Å²) in [6.45, 7) is 0.901. The van der Waals surface area contributed by atoms with Crippen LogP contribution < -0.4 is 4.90 Å². The second-order valence-electron chi connectivity index (χ2n) is 4.16. The smallest absolute Gasteiger partial charge is 0.186 e. The van der Waals surface area contributed by atoms with Gasteiger partial charge in [0.15, 0.2) is 5.13 Å². The Morgan fingerprint density at radius 1 is 1.44 bits per heavy atom. The van der Waals surface area contributed by atoms with E-state index >= 15 is 0 Å². The van der Waals surface area contributed by atoms with E-state index in [0.29, 0.717) is 12.6 Å². The van der Waals surface area contributed by atoms with E-state index in [1.165, 1.54) is 32.1 Å². The predicted octanol–water partition coefficient (Wildman–Crippen LogP) is 3.04. The molecular weight excluding hydrogens is 288 g/mol. The fraction of sp³-hybridized carbons (Fsp3) is 0.727. The molecule has 0 bridgehead atoms. The number of aromatic nitrogens is 1. The van der Waals surface area contributed by atoms with Gasteiger partial charge in [-0.15, -0.1) is 11.3 Å². The minimum atomic E-state index is 0.202. The average molecular weight is 305 g/mol. The Morgan fingerprint density at radius 3 is 2.75 bits per heavy atom. The lowest BCUT2D eigenvalue weighted by molar-refractivity contribution is 0.290. The van der Waals surface area contributed by atoms with Crippen molar-refractivity contribution < 1.29 is 5.11 Å². The fourth-order valence-electron chi connectivity index (χ4n) is 2.31. The van der Waals surface area contributed by atoms with Crippen LogP contribution in [0.3, 0.4) is 0 Å². The highest BCUT2D eigenvalue weighted by molar-refractivity contribution is 9.10. The molecule has 90 valence electrons. The van der Waals surface area contributed by atoms with Crippen LogP contribution in [0.2, 0.25) is 0 Å². The Morgan fingerprint density at radius 2 is 2.19 bits per heavy atom. The van der Waals surface area contributed by atoms with Crippen molar-refractivity contribution in [2.45, 2.75) is 38.1 Å². The van der Waals surface area contributed by atoms with Gasteiger partial charge in [0.1, 0.15) is 4.60 Å².